The predicted octanol–water partition coefficient (Wildman–Crippen LogP) is 0.535. The molecule has 1 heterocycles. The van der Waals surface area contributed by atoms with Gasteiger partial charge in [-0.05, 0) is 6.42 Å². The van der Waals surface area contributed by atoms with Crippen LogP contribution in [0.4, 0.5) is 0 Å². The first-order valence-electron chi connectivity index (χ1n) is 4.90. The molecule has 0 aromatic carbocycles. The van der Waals surface area contributed by atoms with E-state index in [1.54, 1.807) is 7.11 Å². The fraction of sp³-hybridized carbons (Fsp3) is 1.00. The number of ether oxygens (including phenoxy) is 3. The lowest BCUT2D eigenvalue weighted by atomic mass is 10.4. The molecule has 1 aliphatic rings. The van der Waals surface area contributed by atoms with Gasteiger partial charge in [-0.25, -0.2) is 0 Å². The summed E-state index contributed by atoms with van der Waals surface area (Å²) in [6.45, 7) is 2.07. The van der Waals surface area contributed by atoms with E-state index < -0.39 is 10.8 Å². The van der Waals surface area contributed by atoms with E-state index in [4.69, 9.17) is 14.2 Å². The zero-order valence-electron chi connectivity index (χ0n) is 8.57. The van der Waals surface area contributed by atoms with Crippen LogP contribution < -0.4 is 0 Å². The van der Waals surface area contributed by atoms with E-state index in [1.807, 2.05) is 0 Å². The highest BCUT2D eigenvalue weighted by Gasteiger charge is 2.14. The number of hydrogen-bond acceptors (Lipinski definition) is 4. The highest BCUT2D eigenvalue weighted by Crippen LogP contribution is 2.08. The molecular formula is C9H18O4S. The highest BCUT2D eigenvalue weighted by molar-refractivity contribution is 7.84. The summed E-state index contributed by atoms with van der Waals surface area (Å²) in [5.74, 6) is 1.23. The summed E-state index contributed by atoms with van der Waals surface area (Å²) in [5.41, 5.74) is 0. The van der Waals surface area contributed by atoms with Gasteiger partial charge in [0.1, 0.15) is 0 Å². The van der Waals surface area contributed by atoms with Crippen LogP contribution in [-0.2, 0) is 25.0 Å². The van der Waals surface area contributed by atoms with Gasteiger partial charge in [-0.3, -0.25) is 4.21 Å². The van der Waals surface area contributed by atoms with E-state index in [-0.39, 0.29) is 6.29 Å². The molecule has 0 radical (unpaired) electrons. The summed E-state index contributed by atoms with van der Waals surface area (Å²) < 4.78 is 26.9. The summed E-state index contributed by atoms with van der Waals surface area (Å²) >= 11 is 0. The molecule has 1 saturated heterocycles. The van der Waals surface area contributed by atoms with Crippen LogP contribution in [0, 0.1) is 0 Å². The normalized spacial score (nSPS) is 20.9. The maximum absolute atomic E-state index is 11.4. The zero-order valence-corrected chi connectivity index (χ0v) is 9.38. The Morgan fingerprint density at radius 3 is 2.71 bits per heavy atom. The van der Waals surface area contributed by atoms with Crippen LogP contribution >= 0.6 is 0 Å². The van der Waals surface area contributed by atoms with E-state index in [9.17, 15) is 4.21 Å². The molecule has 0 aliphatic carbocycles. The Morgan fingerprint density at radius 1 is 1.36 bits per heavy atom. The van der Waals surface area contributed by atoms with Crippen molar-refractivity contribution in [3.05, 3.63) is 0 Å². The van der Waals surface area contributed by atoms with Gasteiger partial charge in [0.15, 0.2) is 6.29 Å². The van der Waals surface area contributed by atoms with Crippen molar-refractivity contribution < 1.29 is 18.4 Å². The van der Waals surface area contributed by atoms with Crippen molar-refractivity contribution in [3.8, 4) is 0 Å². The molecule has 14 heavy (non-hydrogen) atoms. The summed E-state index contributed by atoms with van der Waals surface area (Å²) in [5, 5.41) is 0. The molecule has 0 aromatic rings. The van der Waals surface area contributed by atoms with Gasteiger partial charge in [0.2, 0.25) is 0 Å². The fourth-order valence-corrected chi connectivity index (χ4v) is 2.22. The minimum absolute atomic E-state index is 0.143. The topological polar surface area (TPSA) is 44.8 Å². The first-order valence-corrected chi connectivity index (χ1v) is 6.39. The third kappa shape index (κ3) is 5.05. The Morgan fingerprint density at radius 2 is 2.07 bits per heavy atom. The number of methoxy groups -OCH3 is 1. The van der Waals surface area contributed by atoms with Gasteiger partial charge in [-0.1, -0.05) is 0 Å². The molecule has 1 rings (SSSR count). The third-order valence-electron chi connectivity index (χ3n) is 1.99. The van der Waals surface area contributed by atoms with Crippen LogP contribution in [0.5, 0.6) is 0 Å². The van der Waals surface area contributed by atoms with Crippen molar-refractivity contribution >= 4 is 10.8 Å². The average Bonchev–Trinajstić information content (AvgIpc) is 2.25. The maximum Gasteiger partial charge on any atom is 0.158 e. The van der Waals surface area contributed by atoms with Crippen LogP contribution in [0.1, 0.15) is 12.8 Å². The molecule has 1 unspecified atom stereocenters. The Hall–Kier alpha value is 0.0300. The van der Waals surface area contributed by atoms with Crippen LogP contribution in [0.3, 0.4) is 0 Å². The zero-order chi connectivity index (χ0) is 10.2. The lowest BCUT2D eigenvalue weighted by Gasteiger charge is -2.22. The summed E-state index contributed by atoms with van der Waals surface area (Å²) in [4.78, 5) is 0. The molecule has 1 atom stereocenters. The van der Waals surface area contributed by atoms with E-state index in [2.05, 4.69) is 0 Å². The third-order valence-corrected chi connectivity index (χ3v) is 3.31. The monoisotopic (exact) mass is 222 g/mol. The molecular weight excluding hydrogens is 204 g/mol. The summed E-state index contributed by atoms with van der Waals surface area (Å²) in [6, 6.07) is 0. The quantitative estimate of drug-likeness (QED) is 0.658. The van der Waals surface area contributed by atoms with Gasteiger partial charge in [0.05, 0.1) is 19.8 Å². The SMILES string of the molecule is COCCS(=O)CCC1OCCCO1. The standard InChI is InChI=1S/C9H18O4S/c1-11-6-8-14(10)7-3-9-12-4-2-5-13-9/h9H,2-8H2,1H3. The molecule has 0 saturated carbocycles. The molecule has 0 aromatic heterocycles. The van der Waals surface area contributed by atoms with Gasteiger partial charge in [0.25, 0.3) is 0 Å². The van der Waals surface area contributed by atoms with E-state index >= 15 is 0 Å². The lowest BCUT2D eigenvalue weighted by Crippen LogP contribution is -2.26. The summed E-state index contributed by atoms with van der Waals surface area (Å²) in [7, 11) is 0.809. The van der Waals surface area contributed by atoms with Crippen molar-refractivity contribution in [2.75, 3.05) is 38.4 Å². The molecule has 0 spiro atoms. The molecule has 0 N–H and O–H groups in total. The van der Waals surface area contributed by atoms with Crippen LogP contribution in [0.15, 0.2) is 0 Å². The molecule has 1 fully saturated rings. The number of rotatable bonds is 6. The lowest BCUT2D eigenvalue weighted by molar-refractivity contribution is -0.178. The Labute approximate surface area is 87.4 Å². The van der Waals surface area contributed by atoms with Crippen molar-refractivity contribution in [2.45, 2.75) is 19.1 Å². The first kappa shape index (κ1) is 12.1. The van der Waals surface area contributed by atoms with Gasteiger partial charge >= 0.3 is 0 Å². The molecule has 5 heteroatoms. The van der Waals surface area contributed by atoms with Gasteiger partial charge in [0, 0.05) is 35.8 Å². The van der Waals surface area contributed by atoms with Gasteiger partial charge < -0.3 is 14.2 Å². The van der Waals surface area contributed by atoms with Crippen LogP contribution in [-0.4, -0.2) is 48.9 Å². The minimum atomic E-state index is -0.807. The second kappa shape index (κ2) is 7.34. The highest BCUT2D eigenvalue weighted by atomic mass is 32.2. The van der Waals surface area contributed by atoms with Crippen molar-refractivity contribution in [1.29, 1.82) is 0 Å². The minimum Gasteiger partial charge on any atom is -0.384 e. The van der Waals surface area contributed by atoms with E-state index in [1.165, 1.54) is 0 Å². The second-order valence-electron chi connectivity index (χ2n) is 3.15. The Bertz CT molecular complexity index is 168. The Kier molecular flexibility index (Phi) is 6.34. The largest absolute Gasteiger partial charge is 0.384 e. The van der Waals surface area contributed by atoms with E-state index in [0.717, 1.165) is 26.1 Å². The van der Waals surface area contributed by atoms with Crippen molar-refractivity contribution in [2.24, 2.45) is 0 Å². The van der Waals surface area contributed by atoms with Crippen molar-refractivity contribution in [1.82, 2.24) is 0 Å². The smallest absolute Gasteiger partial charge is 0.158 e. The first-order chi connectivity index (χ1) is 6.83. The molecule has 0 bridgehead atoms. The fourth-order valence-electron chi connectivity index (χ4n) is 1.21. The predicted molar refractivity (Wildman–Crippen MR) is 54.7 cm³/mol. The molecule has 84 valence electrons. The van der Waals surface area contributed by atoms with Gasteiger partial charge in [-0.15, -0.1) is 0 Å². The average molecular weight is 222 g/mol. The van der Waals surface area contributed by atoms with Crippen LogP contribution in [0.25, 0.3) is 0 Å². The van der Waals surface area contributed by atoms with Gasteiger partial charge in [-0.2, -0.15) is 0 Å². The molecule has 0 amide bonds. The van der Waals surface area contributed by atoms with Crippen molar-refractivity contribution in [3.63, 3.8) is 0 Å². The molecule has 4 nitrogen and oxygen atoms in total. The second-order valence-corrected chi connectivity index (χ2v) is 4.85. The van der Waals surface area contributed by atoms with E-state index in [0.29, 0.717) is 18.1 Å². The maximum atomic E-state index is 11.4. The van der Waals surface area contributed by atoms with Crippen LogP contribution in [0.2, 0.25) is 0 Å². The Balaban J connectivity index is 2.03. The number of hydrogen-bond donors (Lipinski definition) is 0. The molecule has 1 aliphatic heterocycles. The summed E-state index contributed by atoms with van der Waals surface area (Å²) in [6.07, 6.45) is 1.54.